The minimum absolute atomic E-state index is 0.0260. The van der Waals surface area contributed by atoms with E-state index in [1.54, 1.807) is 31.2 Å². The molecule has 1 unspecified atom stereocenters. The van der Waals surface area contributed by atoms with Crippen LogP contribution in [-0.4, -0.2) is 19.6 Å². The van der Waals surface area contributed by atoms with Gasteiger partial charge in [-0.05, 0) is 36.8 Å². The Morgan fingerprint density at radius 1 is 1.17 bits per heavy atom. The molecular weight excluding hydrogens is 302 g/mol. The maximum Gasteiger partial charge on any atom is 0.238 e. The van der Waals surface area contributed by atoms with Gasteiger partial charge in [0, 0.05) is 6.04 Å². The fraction of sp³-hybridized carbons (Fsp3) is 0.235. The van der Waals surface area contributed by atoms with E-state index in [0.29, 0.717) is 17.0 Å². The third kappa shape index (κ3) is 4.50. The summed E-state index contributed by atoms with van der Waals surface area (Å²) < 4.78 is 31.3. The van der Waals surface area contributed by atoms with Gasteiger partial charge in [-0.3, -0.25) is 4.79 Å². The number of amides is 1. The molecule has 2 N–H and O–H groups in total. The molecule has 122 valence electrons. The lowest BCUT2D eigenvalue weighted by Gasteiger charge is -2.15. The van der Waals surface area contributed by atoms with Gasteiger partial charge in [-0.25, -0.2) is 8.78 Å². The standard InChI is InChI=1S/C17H18F2N2O2/c1-11(12-7-8-13(18)14(19)9-12)20-10-17(22)21-15-5-3-4-6-16(15)23-2/h3-9,11,20H,10H2,1-2H3,(H,21,22). The normalized spacial score (nSPS) is 11.8. The lowest BCUT2D eigenvalue weighted by atomic mass is 10.1. The van der Waals surface area contributed by atoms with E-state index in [1.165, 1.54) is 13.2 Å². The second-order valence-corrected chi connectivity index (χ2v) is 5.02. The van der Waals surface area contributed by atoms with Crippen LogP contribution in [0.2, 0.25) is 0 Å². The van der Waals surface area contributed by atoms with Crippen LogP contribution in [0.15, 0.2) is 42.5 Å². The number of carbonyl (C=O) groups is 1. The lowest BCUT2D eigenvalue weighted by molar-refractivity contribution is -0.115. The van der Waals surface area contributed by atoms with Gasteiger partial charge in [0.25, 0.3) is 0 Å². The Bertz CT molecular complexity index is 692. The van der Waals surface area contributed by atoms with Crippen molar-refractivity contribution in [3.8, 4) is 5.75 Å². The molecule has 0 aliphatic rings. The van der Waals surface area contributed by atoms with Crippen molar-refractivity contribution in [1.29, 1.82) is 0 Å². The summed E-state index contributed by atoms with van der Waals surface area (Å²) in [6.07, 6.45) is 0. The summed E-state index contributed by atoms with van der Waals surface area (Å²) in [6.45, 7) is 1.79. The predicted octanol–water partition coefficient (Wildman–Crippen LogP) is 3.26. The van der Waals surface area contributed by atoms with Crippen LogP contribution < -0.4 is 15.4 Å². The summed E-state index contributed by atoms with van der Waals surface area (Å²) in [6, 6.07) is 10.4. The van der Waals surface area contributed by atoms with Crippen molar-refractivity contribution in [2.75, 3.05) is 19.0 Å². The Hall–Kier alpha value is -2.47. The number of benzene rings is 2. The topological polar surface area (TPSA) is 50.4 Å². The van der Waals surface area contributed by atoms with E-state index in [1.807, 2.05) is 0 Å². The molecule has 2 aromatic rings. The zero-order valence-electron chi connectivity index (χ0n) is 12.9. The fourth-order valence-electron chi connectivity index (χ4n) is 2.09. The van der Waals surface area contributed by atoms with Gasteiger partial charge in [-0.2, -0.15) is 0 Å². The number of nitrogens with one attached hydrogen (secondary N) is 2. The maximum atomic E-state index is 13.2. The van der Waals surface area contributed by atoms with Crippen LogP contribution in [0.1, 0.15) is 18.5 Å². The number of ether oxygens (including phenoxy) is 1. The molecule has 4 nitrogen and oxygen atoms in total. The molecular formula is C17H18F2N2O2. The number of para-hydroxylation sites is 2. The third-order valence-corrected chi connectivity index (χ3v) is 3.39. The van der Waals surface area contributed by atoms with Crippen LogP contribution in [0.4, 0.5) is 14.5 Å². The summed E-state index contributed by atoms with van der Waals surface area (Å²) in [7, 11) is 1.52. The zero-order valence-corrected chi connectivity index (χ0v) is 12.9. The average molecular weight is 320 g/mol. The predicted molar refractivity (Wildman–Crippen MR) is 84.4 cm³/mol. The molecule has 0 aromatic heterocycles. The number of hydrogen-bond acceptors (Lipinski definition) is 3. The summed E-state index contributed by atoms with van der Waals surface area (Å²) in [5.41, 5.74) is 1.14. The second kappa shape index (κ2) is 7.69. The number of carbonyl (C=O) groups excluding carboxylic acids is 1. The fourth-order valence-corrected chi connectivity index (χ4v) is 2.09. The lowest BCUT2D eigenvalue weighted by Crippen LogP contribution is -2.30. The molecule has 0 heterocycles. The maximum absolute atomic E-state index is 13.2. The Balaban J connectivity index is 1.92. The molecule has 0 saturated carbocycles. The molecule has 2 aromatic carbocycles. The zero-order chi connectivity index (χ0) is 16.8. The number of anilines is 1. The van der Waals surface area contributed by atoms with Crippen molar-refractivity contribution in [1.82, 2.24) is 5.32 Å². The van der Waals surface area contributed by atoms with Crippen molar-refractivity contribution >= 4 is 11.6 Å². The van der Waals surface area contributed by atoms with Gasteiger partial charge in [-0.15, -0.1) is 0 Å². The van der Waals surface area contributed by atoms with Crippen molar-refractivity contribution in [3.63, 3.8) is 0 Å². The molecule has 1 amide bonds. The number of rotatable bonds is 6. The minimum atomic E-state index is -0.908. The van der Waals surface area contributed by atoms with Crippen LogP contribution >= 0.6 is 0 Å². The molecule has 0 radical (unpaired) electrons. The highest BCUT2D eigenvalue weighted by Gasteiger charge is 2.11. The van der Waals surface area contributed by atoms with Crippen LogP contribution in [0.3, 0.4) is 0 Å². The third-order valence-electron chi connectivity index (χ3n) is 3.39. The van der Waals surface area contributed by atoms with E-state index in [9.17, 15) is 13.6 Å². The first kappa shape index (κ1) is 16.9. The molecule has 0 fully saturated rings. The van der Waals surface area contributed by atoms with Crippen LogP contribution in [0.5, 0.6) is 5.75 Å². The highest BCUT2D eigenvalue weighted by atomic mass is 19.2. The van der Waals surface area contributed by atoms with Gasteiger partial charge in [0.1, 0.15) is 5.75 Å². The van der Waals surface area contributed by atoms with Gasteiger partial charge in [0.05, 0.1) is 19.3 Å². The number of halogens is 2. The molecule has 23 heavy (non-hydrogen) atoms. The minimum Gasteiger partial charge on any atom is -0.495 e. The molecule has 6 heteroatoms. The highest BCUT2D eigenvalue weighted by Crippen LogP contribution is 2.22. The van der Waals surface area contributed by atoms with Crippen molar-refractivity contribution in [3.05, 3.63) is 59.7 Å². The molecule has 0 spiro atoms. The van der Waals surface area contributed by atoms with Crippen molar-refractivity contribution in [2.45, 2.75) is 13.0 Å². The molecule has 0 aliphatic carbocycles. The van der Waals surface area contributed by atoms with E-state index >= 15 is 0 Å². The van der Waals surface area contributed by atoms with Gasteiger partial charge in [0.15, 0.2) is 11.6 Å². The van der Waals surface area contributed by atoms with Crippen molar-refractivity contribution < 1.29 is 18.3 Å². The summed E-state index contributed by atoms with van der Waals surface area (Å²) in [5.74, 6) is -1.50. The molecule has 0 saturated heterocycles. The Labute approximate surface area is 133 Å². The largest absolute Gasteiger partial charge is 0.495 e. The van der Waals surface area contributed by atoms with E-state index in [0.717, 1.165) is 12.1 Å². The van der Waals surface area contributed by atoms with Crippen molar-refractivity contribution in [2.24, 2.45) is 0 Å². The Morgan fingerprint density at radius 2 is 1.91 bits per heavy atom. The van der Waals surface area contributed by atoms with Gasteiger partial charge in [-0.1, -0.05) is 18.2 Å². The van der Waals surface area contributed by atoms with E-state index in [2.05, 4.69) is 10.6 Å². The van der Waals surface area contributed by atoms with Crippen LogP contribution in [-0.2, 0) is 4.79 Å². The quantitative estimate of drug-likeness (QED) is 0.859. The smallest absolute Gasteiger partial charge is 0.238 e. The van der Waals surface area contributed by atoms with Gasteiger partial charge in [0.2, 0.25) is 5.91 Å². The van der Waals surface area contributed by atoms with Gasteiger partial charge < -0.3 is 15.4 Å². The SMILES string of the molecule is COc1ccccc1NC(=O)CNC(C)c1ccc(F)c(F)c1. The molecule has 0 aliphatic heterocycles. The van der Waals surface area contributed by atoms with Crippen LogP contribution in [0, 0.1) is 11.6 Å². The summed E-state index contributed by atoms with van der Waals surface area (Å²) in [4.78, 5) is 12.0. The van der Waals surface area contributed by atoms with E-state index in [4.69, 9.17) is 4.74 Å². The second-order valence-electron chi connectivity index (χ2n) is 5.02. The number of methoxy groups -OCH3 is 1. The van der Waals surface area contributed by atoms with Crippen LogP contribution in [0.25, 0.3) is 0 Å². The molecule has 0 bridgehead atoms. The Morgan fingerprint density at radius 3 is 2.61 bits per heavy atom. The first-order valence-electron chi connectivity index (χ1n) is 7.12. The van der Waals surface area contributed by atoms with E-state index in [-0.39, 0.29) is 18.5 Å². The van der Waals surface area contributed by atoms with E-state index < -0.39 is 11.6 Å². The molecule has 1 atom stereocenters. The van der Waals surface area contributed by atoms with Gasteiger partial charge >= 0.3 is 0 Å². The Kier molecular flexibility index (Phi) is 5.65. The number of hydrogen-bond donors (Lipinski definition) is 2. The molecule has 2 rings (SSSR count). The summed E-state index contributed by atoms with van der Waals surface area (Å²) >= 11 is 0. The first-order valence-corrected chi connectivity index (χ1v) is 7.12. The first-order chi connectivity index (χ1) is 11.0. The highest BCUT2D eigenvalue weighted by molar-refractivity contribution is 5.93. The monoisotopic (exact) mass is 320 g/mol. The average Bonchev–Trinajstić information content (AvgIpc) is 2.55. The summed E-state index contributed by atoms with van der Waals surface area (Å²) in [5, 5.41) is 5.69.